The van der Waals surface area contributed by atoms with Crippen LogP contribution < -0.4 is 0 Å². The fourth-order valence-electron chi connectivity index (χ4n) is 2.51. The van der Waals surface area contributed by atoms with Crippen molar-refractivity contribution in [1.29, 1.82) is 0 Å². The lowest BCUT2D eigenvalue weighted by molar-refractivity contribution is -0.141. The number of carbonyl (C=O) groups is 4. The molecule has 0 spiro atoms. The largest absolute Gasteiger partial charge is 0.481 e. The van der Waals surface area contributed by atoms with Crippen LogP contribution in [0, 0.1) is 0 Å². The molecule has 1 heterocycles. The number of hydrogen-bond donors (Lipinski definition) is 3. The maximum Gasteiger partial charge on any atom is 0.317 e. The number of carbonyl (C=O) groups excluding carboxylic acids is 1. The van der Waals surface area contributed by atoms with Crippen LogP contribution in [0.25, 0.3) is 0 Å². The van der Waals surface area contributed by atoms with Crippen LogP contribution in [-0.4, -0.2) is 113 Å². The van der Waals surface area contributed by atoms with E-state index in [0.29, 0.717) is 39.3 Å². The van der Waals surface area contributed by atoms with Crippen LogP contribution in [0.15, 0.2) is 0 Å². The van der Waals surface area contributed by atoms with Crippen molar-refractivity contribution in [2.45, 2.75) is 6.42 Å². The molecule has 0 unspecified atom stereocenters. The van der Waals surface area contributed by atoms with Crippen LogP contribution in [0.2, 0.25) is 0 Å². The standard InChI is InChI=1S/C14H23N3O7/c18-11(7-12(19)20)8-15-1-3-16(9-13(21)22)5-6-17(4-2-15)10-14(23)24/h1-10H2,(H,19,20)(H,21,22)(H,23,24). The molecule has 0 bridgehead atoms. The number of ketones is 1. The molecule has 0 aromatic rings. The summed E-state index contributed by atoms with van der Waals surface area (Å²) in [7, 11) is 0. The molecule has 1 aliphatic heterocycles. The molecule has 0 aromatic heterocycles. The van der Waals surface area contributed by atoms with E-state index < -0.39 is 30.1 Å². The van der Waals surface area contributed by atoms with Gasteiger partial charge in [0.25, 0.3) is 0 Å². The van der Waals surface area contributed by atoms with Crippen LogP contribution in [0.3, 0.4) is 0 Å². The monoisotopic (exact) mass is 345 g/mol. The Morgan fingerprint density at radius 2 is 0.917 bits per heavy atom. The molecule has 1 aliphatic rings. The van der Waals surface area contributed by atoms with Crippen molar-refractivity contribution in [3.8, 4) is 0 Å². The summed E-state index contributed by atoms with van der Waals surface area (Å²) in [5.74, 6) is -3.58. The van der Waals surface area contributed by atoms with Gasteiger partial charge in [-0.25, -0.2) is 0 Å². The first-order valence-electron chi connectivity index (χ1n) is 7.60. The molecule has 1 fully saturated rings. The van der Waals surface area contributed by atoms with E-state index in [0.717, 1.165) is 0 Å². The van der Waals surface area contributed by atoms with Crippen LogP contribution in [0.4, 0.5) is 0 Å². The number of rotatable bonds is 8. The first-order chi connectivity index (χ1) is 11.3. The third-order valence-corrected chi connectivity index (χ3v) is 3.66. The zero-order chi connectivity index (χ0) is 18.1. The summed E-state index contributed by atoms with van der Waals surface area (Å²) in [6.45, 7) is 2.09. The Morgan fingerprint density at radius 1 is 0.583 bits per heavy atom. The van der Waals surface area contributed by atoms with Gasteiger partial charge in [-0.3, -0.25) is 33.9 Å². The number of hydrogen-bond acceptors (Lipinski definition) is 7. The van der Waals surface area contributed by atoms with Gasteiger partial charge in [-0.05, 0) is 0 Å². The summed E-state index contributed by atoms with van der Waals surface area (Å²) in [6.07, 6.45) is -0.561. The fourth-order valence-corrected chi connectivity index (χ4v) is 2.51. The van der Waals surface area contributed by atoms with Crippen molar-refractivity contribution in [2.24, 2.45) is 0 Å². The molecule has 10 nitrogen and oxygen atoms in total. The molecule has 0 amide bonds. The van der Waals surface area contributed by atoms with E-state index in [9.17, 15) is 19.2 Å². The van der Waals surface area contributed by atoms with Crippen molar-refractivity contribution < 1.29 is 34.5 Å². The lowest BCUT2D eigenvalue weighted by atomic mass is 10.2. The number of carboxylic acid groups (broad SMARTS) is 3. The second-order valence-corrected chi connectivity index (χ2v) is 5.73. The molecule has 0 aliphatic carbocycles. The topological polar surface area (TPSA) is 139 Å². The third kappa shape index (κ3) is 8.56. The summed E-state index contributed by atoms with van der Waals surface area (Å²) in [4.78, 5) is 49.2. The lowest BCUT2D eigenvalue weighted by Gasteiger charge is -2.24. The van der Waals surface area contributed by atoms with Gasteiger partial charge in [0.15, 0.2) is 5.78 Å². The van der Waals surface area contributed by atoms with Crippen molar-refractivity contribution in [2.75, 3.05) is 58.9 Å². The molecule has 10 heteroatoms. The lowest BCUT2D eigenvalue weighted by Crippen LogP contribution is -2.40. The minimum Gasteiger partial charge on any atom is -0.481 e. The number of aliphatic carboxylic acids is 3. The van der Waals surface area contributed by atoms with Gasteiger partial charge in [-0.2, -0.15) is 0 Å². The third-order valence-electron chi connectivity index (χ3n) is 3.66. The minimum atomic E-state index is -1.19. The molecule has 0 atom stereocenters. The number of nitrogens with zero attached hydrogens (tertiary/aromatic N) is 3. The summed E-state index contributed by atoms with van der Waals surface area (Å²) < 4.78 is 0. The Kier molecular flexibility index (Phi) is 8.30. The van der Waals surface area contributed by atoms with E-state index in [1.54, 1.807) is 14.7 Å². The molecule has 1 rings (SSSR count). The van der Waals surface area contributed by atoms with Crippen LogP contribution in [0.5, 0.6) is 0 Å². The van der Waals surface area contributed by atoms with Gasteiger partial charge >= 0.3 is 17.9 Å². The van der Waals surface area contributed by atoms with Crippen LogP contribution in [0.1, 0.15) is 6.42 Å². The zero-order valence-electron chi connectivity index (χ0n) is 13.4. The number of carboxylic acids is 3. The molecule has 3 N–H and O–H groups in total. The van der Waals surface area contributed by atoms with Crippen molar-refractivity contribution >= 4 is 23.7 Å². The highest BCUT2D eigenvalue weighted by molar-refractivity contribution is 5.95. The smallest absolute Gasteiger partial charge is 0.317 e. The molecule has 0 radical (unpaired) electrons. The highest BCUT2D eigenvalue weighted by Gasteiger charge is 2.21. The Balaban J connectivity index is 2.71. The van der Waals surface area contributed by atoms with Gasteiger partial charge in [0.1, 0.15) is 6.42 Å². The van der Waals surface area contributed by atoms with Gasteiger partial charge in [-0.15, -0.1) is 0 Å². The van der Waals surface area contributed by atoms with Crippen LogP contribution in [-0.2, 0) is 19.2 Å². The normalized spacial score (nSPS) is 18.3. The molecule has 136 valence electrons. The van der Waals surface area contributed by atoms with Crippen molar-refractivity contribution in [3.05, 3.63) is 0 Å². The highest BCUT2D eigenvalue weighted by Crippen LogP contribution is 2.02. The Labute approximate surface area is 139 Å². The second-order valence-electron chi connectivity index (χ2n) is 5.73. The van der Waals surface area contributed by atoms with E-state index in [2.05, 4.69) is 0 Å². The van der Waals surface area contributed by atoms with Gasteiger partial charge < -0.3 is 15.3 Å². The first-order valence-corrected chi connectivity index (χ1v) is 7.60. The first kappa shape index (κ1) is 20.0. The second kappa shape index (κ2) is 9.96. The number of Topliss-reactive ketones (excluding diaryl/α,β-unsaturated/α-hetero) is 1. The minimum absolute atomic E-state index is 0.0475. The summed E-state index contributed by atoms with van der Waals surface area (Å²) in [5.41, 5.74) is 0. The maximum absolute atomic E-state index is 11.7. The predicted octanol–water partition coefficient (Wildman–Crippen LogP) is -1.88. The molecule has 0 saturated carbocycles. The van der Waals surface area contributed by atoms with Gasteiger partial charge in [0.2, 0.25) is 0 Å². The van der Waals surface area contributed by atoms with Crippen molar-refractivity contribution in [3.63, 3.8) is 0 Å². The molecular weight excluding hydrogens is 322 g/mol. The van der Waals surface area contributed by atoms with Gasteiger partial charge in [0, 0.05) is 39.3 Å². The summed E-state index contributed by atoms with van der Waals surface area (Å²) in [5, 5.41) is 26.5. The zero-order valence-corrected chi connectivity index (χ0v) is 13.4. The van der Waals surface area contributed by atoms with E-state index in [1.165, 1.54) is 0 Å². The summed E-state index contributed by atoms with van der Waals surface area (Å²) >= 11 is 0. The predicted molar refractivity (Wildman–Crippen MR) is 81.9 cm³/mol. The Bertz CT molecular complexity index is 455. The van der Waals surface area contributed by atoms with E-state index in [4.69, 9.17) is 15.3 Å². The average molecular weight is 345 g/mol. The fraction of sp³-hybridized carbons (Fsp3) is 0.714. The van der Waals surface area contributed by atoms with E-state index >= 15 is 0 Å². The van der Waals surface area contributed by atoms with Gasteiger partial charge in [-0.1, -0.05) is 0 Å². The Morgan fingerprint density at radius 3 is 1.21 bits per heavy atom. The average Bonchev–Trinajstić information content (AvgIpc) is 2.51. The van der Waals surface area contributed by atoms with E-state index in [1.807, 2.05) is 0 Å². The Hall–Kier alpha value is -2.04. The summed E-state index contributed by atoms with van der Waals surface area (Å²) in [6, 6.07) is 0. The highest BCUT2D eigenvalue weighted by atomic mass is 16.4. The van der Waals surface area contributed by atoms with E-state index in [-0.39, 0.29) is 19.6 Å². The molecule has 0 aromatic carbocycles. The van der Waals surface area contributed by atoms with Crippen LogP contribution >= 0.6 is 0 Å². The molecule has 24 heavy (non-hydrogen) atoms. The SMILES string of the molecule is O=C(O)CC(=O)CN1CCN(CC(=O)O)CCN(CC(=O)O)CC1. The molecule has 1 saturated heterocycles. The van der Waals surface area contributed by atoms with Gasteiger partial charge in [0.05, 0.1) is 19.6 Å². The molecular formula is C14H23N3O7. The quantitative estimate of drug-likeness (QED) is 0.428. The maximum atomic E-state index is 11.7. The van der Waals surface area contributed by atoms with Crippen molar-refractivity contribution in [1.82, 2.24) is 14.7 Å².